The van der Waals surface area contributed by atoms with Crippen LogP contribution < -0.4 is 11.1 Å². The van der Waals surface area contributed by atoms with Crippen LogP contribution in [0.15, 0.2) is 0 Å². The maximum atomic E-state index is 12.7. The van der Waals surface area contributed by atoms with Gasteiger partial charge in [-0.1, -0.05) is 51.4 Å². The molecule has 0 atom stereocenters. The number of amides is 1. The second-order valence-corrected chi connectivity index (χ2v) is 7.22. The molecule has 0 bridgehead atoms. The molecular weight excluding hydrogens is 264 g/mol. The molecule has 2 aliphatic rings. The maximum absolute atomic E-state index is 12.7. The van der Waals surface area contributed by atoms with E-state index in [0.29, 0.717) is 13.1 Å². The van der Waals surface area contributed by atoms with E-state index in [9.17, 15) is 9.90 Å². The first kappa shape index (κ1) is 16.8. The van der Waals surface area contributed by atoms with Gasteiger partial charge in [0.15, 0.2) is 0 Å². The van der Waals surface area contributed by atoms with Crippen molar-refractivity contribution in [1.29, 1.82) is 0 Å². The van der Waals surface area contributed by atoms with E-state index in [-0.39, 0.29) is 5.91 Å². The molecule has 4 heteroatoms. The van der Waals surface area contributed by atoms with Crippen LogP contribution in [0.25, 0.3) is 0 Å². The molecule has 0 aromatic carbocycles. The molecule has 0 unspecified atom stereocenters. The van der Waals surface area contributed by atoms with Crippen molar-refractivity contribution in [2.45, 2.75) is 82.7 Å². The summed E-state index contributed by atoms with van der Waals surface area (Å²) in [5, 5.41) is 13.7. The lowest BCUT2D eigenvalue weighted by atomic mass is 9.79. The van der Waals surface area contributed by atoms with Crippen molar-refractivity contribution in [2.24, 2.45) is 11.1 Å². The zero-order valence-corrected chi connectivity index (χ0v) is 13.3. The smallest absolute Gasteiger partial charge is 0.227 e. The summed E-state index contributed by atoms with van der Waals surface area (Å²) in [5.74, 6) is 0.0737. The summed E-state index contributed by atoms with van der Waals surface area (Å²) in [4.78, 5) is 12.7. The highest BCUT2D eigenvalue weighted by molar-refractivity contribution is 5.83. The Hall–Kier alpha value is -0.610. The minimum Gasteiger partial charge on any atom is -0.388 e. The first-order valence-electron chi connectivity index (χ1n) is 8.81. The Kier molecular flexibility index (Phi) is 6.06. The number of hydrogen-bond acceptors (Lipinski definition) is 3. The molecule has 4 N–H and O–H groups in total. The van der Waals surface area contributed by atoms with Crippen molar-refractivity contribution in [2.75, 3.05) is 13.1 Å². The molecule has 0 aliphatic heterocycles. The van der Waals surface area contributed by atoms with E-state index in [1.165, 1.54) is 25.7 Å². The van der Waals surface area contributed by atoms with Gasteiger partial charge >= 0.3 is 0 Å². The second kappa shape index (κ2) is 7.59. The fourth-order valence-electron chi connectivity index (χ4n) is 3.92. The average Bonchev–Trinajstić information content (AvgIpc) is 2.86. The molecular formula is C17H32N2O2. The fourth-order valence-corrected chi connectivity index (χ4v) is 3.92. The molecule has 1 amide bonds. The van der Waals surface area contributed by atoms with Gasteiger partial charge in [0.1, 0.15) is 0 Å². The summed E-state index contributed by atoms with van der Waals surface area (Å²) in [7, 11) is 0. The van der Waals surface area contributed by atoms with Crippen molar-refractivity contribution >= 4 is 5.91 Å². The fraction of sp³-hybridized carbons (Fsp3) is 0.941. The molecule has 0 spiro atoms. The lowest BCUT2D eigenvalue weighted by Gasteiger charge is -2.33. The van der Waals surface area contributed by atoms with Gasteiger partial charge in [0.05, 0.1) is 11.0 Å². The highest BCUT2D eigenvalue weighted by Crippen LogP contribution is 2.35. The largest absolute Gasteiger partial charge is 0.388 e. The molecule has 0 aromatic rings. The molecule has 21 heavy (non-hydrogen) atoms. The van der Waals surface area contributed by atoms with Crippen molar-refractivity contribution in [3.8, 4) is 0 Å². The van der Waals surface area contributed by atoms with Crippen LogP contribution in [-0.2, 0) is 4.79 Å². The number of nitrogens with two attached hydrogens (primary N) is 1. The highest BCUT2D eigenvalue weighted by atomic mass is 16.3. The third-order valence-corrected chi connectivity index (χ3v) is 5.55. The van der Waals surface area contributed by atoms with E-state index in [1.807, 2.05) is 0 Å². The van der Waals surface area contributed by atoms with Crippen LogP contribution in [0.3, 0.4) is 0 Å². The molecule has 0 heterocycles. The monoisotopic (exact) mass is 296 g/mol. The van der Waals surface area contributed by atoms with Gasteiger partial charge in [-0.05, 0) is 25.7 Å². The average molecular weight is 296 g/mol. The third-order valence-electron chi connectivity index (χ3n) is 5.55. The molecule has 2 fully saturated rings. The molecule has 0 aromatic heterocycles. The van der Waals surface area contributed by atoms with Crippen molar-refractivity contribution in [3.63, 3.8) is 0 Å². The second-order valence-electron chi connectivity index (χ2n) is 7.22. The first-order valence-corrected chi connectivity index (χ1v) is 8.81. The van der Waals surface area contributed by atoms with Gasteiger partial charge in [-0.2, -0.15) is 0 Å². The zero-order chi connectivity index (χ0) is 15.2. The van der Waals surface area contributed by atoms with E-state index in [4.69, 9.17) is 5.73 Å². The summed E-state index contributed by atoms with van der Waals surface area (Å²) in [6.07, 6.45) is 12.5. The summed E-state index contributed by atoms with van der Waals surface area (Å²) >= 11 is 0. The normalized spacial score (nSPS) is 25.6. The van der Waals surface area contributed by atoms with Crippen molar-refractivity contribution in [1.82, 2.24) is 5.32 Å². The van der Waals surface area contributed by atoms with Crippen molar-refractivity contribution < 1.29 is 9.90 Å². The number of rotatable bonds is 4. The Morgan fingerprint density at radius 1 is 0.905 bits per heavy atom. The molecule has 0 radical (unpaired) electrons. The van der Waals surface area contributed by atoms with Gasteiger partial charge in [0.25, 0.3) is 0 Å². The summed E-state index contributed by atoms with van der Waals surface area (Å²) in [6, 6.07) is 0. The van der Waals surface area contributed by atoms with Gasteiger partial charge in [-0.25, -0.2) is 0 Å². The van der Waals surface area contributed by atoms with Gasteiger partial charge in [0, 0.05) is 13.1 Å². The molecule has 2 aliphatic carbocycles. The first-order chi connectivity index (χ1) is 10.1. The van der Waals surface area contributed by atoms with Crippen LogP contribution in [0, 0.1) is 5.41 Å². The zero-order valence-electron chi connectivity index (χ0n) is 13.3. The maximum Gasteiger partial charge on any atom is 0.227 e. The van der Waals surface area contributed by atoms with Crippen LogP contribution in [0.2, 0.25) is 0 Å². The third kappa shape index (κ3) is 4.43. The van der Waals surface area contributed by atoms with Crippen LogP contribution in [0.4, 0.5) is 0 Å². The minimum atomic E-state index is -0.702. The van der Waals surface area contributed by atoms with E-state index >= 15 is 0 Å². The van der Waals surface area contributed by atoms with Crippen LogP contribution >= 0.6 is 0 Å². The number of aliphatic hydroxyl groups is 1. The SMILES string of the molecule is NCC1(C(=O)NCC2(O)CCCCCC2)CCCCCC1. The Morgan fingerprint density at radius 2 is 1.38 bits per heavy atom. The topological polar surface area (TPSA) is 75.4 Å². The van der Waals surface area contributed by atoms with Gasteiger partial charge in [0.2, 0.25) is 5.91 Å². The predicted molar refractivity (Wildman–Crippen MR) is 84.9 cm³/mol. The Morgan fingerprint density at radius 3 is 1.86 bits per heavy atom. The Bertz CT molecular complexity index is 328. The predicted octanol–water partition coefficient (Wildman–Crippen LogP) is 2.49. The molecule has 4 nitrogen and oxygen atoms in total. The van der Waals surface area contributed by atoms with Gasteiger partial charge in [-0.15, -0.1) is 0 Å². The molecule has 2 saturated carbocycles. The van der Waals surface area contributed by atoms with E-state index in [1.54, 1.807) is 0 Å². The van der Waals surface area contributed by atoms with Crippen LogP contribution in [0.5, 0.6) is 0 Å². The molecule has 0 saturated heterocycles. The Balaban J connectivity index is 1.92. The van der Waals surface area contributed by atoms with E-state index in [0.717, 1.165) is 51.4 Å². The van der Waals surface area contributed by atoms with Crippen LogP contribution in [-0.4, -0.2) is 29.7 Å². The lowest BCUT2D eigenvalue weighted by molar-refractivity contribution is -0.132. The summed E-state index contributed by atoms with van der Waals surface area (Å²) < 4.78 is 0. The highest BCUT2D eigenvalue weighted by Gasteiger charge is 2.38. The summed E-state index contributed by atoms with van der Waals surface area (Å²) in [5.41, 5.74) is 4.86. The van der Waals surface area contributed by atoms with Gasteiger partial charge < -0.3 is 16.2 Å². The quantitative estimate of drug-likeness (QED) is 0.698. The number of carbonyl (C=O) groups is 1. The van der Waals surface area contributed by atoms with Crippen molar-refractivity contribution in [3.05, 3.63) is 0 Å². The number of nitrogens with one attached hydrogen (secondary N) is 1. The minimum absolute atomic E-state index is 0.0737. The number of hydrogen-bond donors (Lipinski definition) is 3. The van der Waals surface area contributed by atoms with E-state index in [2.05, 4.69) is 5.32 Å². The lowest BCUT2D eigenvalue weighted by Crippen LogP contribution is -2.50. The standard InChI is InChI=1S/C17H32N2O2/c18-13-16(9-5-1-2-6-10-16)15(20)19-14-17(21)11-7-3-4-8-12-17/h21H,1-14,18H2,(H,19,20). The molecule has 2 rings (SSSR count). The van der Waals surface area contributed by atoms with Crippen LogP contribution in [0.1, 0.15) is 77.0 Å². The molecule has 122 valence electrons. The van der Waals surface area contributed by atoms with Gasteiger partial charge in [-0.3, -0.25) is 4.79 Å². The summed E-state index contributed by atoms with van der Waals surface area (Å²) in [6.45, 7) is 0.824. The van der Waals surface area contributed by atoms with E-state index < -0.39 is 11.0 Å². The number of carbonyl (C=O) groups excluding carboxylic acids is 1. The Labute approximate surface area is 128 Å².